The molecule has 1 aliphatic heterocycles. The smallest absolute Gasteiger partial charge is 0.356 e. The summed E-state index contributed by atoms with van der Waals surface area (Å²) in [6.45, 7) is 1.77. The van der Waals surface area contributed by atoms with Gasteiger partial charge in [-0.3, -0.25) is 0 Å². The van der Waals surface area contributed by atoms with Crippen molar-refractivity contribution in [2.45, 2.75) is 18.9 Å². The minimum atomic E-state index is -1.07. The molecule has 0 amide bonds. The molecule has 1 aliphatic rings. The molecular weight excluding hydrogens is 296 g/mol. The van der Waals surface area contributed by atoms with E-state index in [-0.39, 0.29) is 11.7 Å². The van der Waals surface area contributed by atoms with Gasteiger partial charge in [-0.15, -0.1) is 5.10 Å². The quantitative estimate of drug-likeness (QED) is 0.895. The van der Waals surface area contributed by atoms with Crippen molar-refractivity contribution in [1.29, 1.82) is 0 Å². The summed E-state index contributed by atoms with van der Waals surface area (Å²) < 4.78 is 0. The number of carboxylic acids is 1. The maximum Gasteiger partial charge on any atom is 0.356 e. The lowest BCUT2D eigenvalue weighted by molar-refractivity contribution is 0.0690. The van der Waals surface area contributed by atoms with Gasteiger partial charge in [0.15, 0.2) is 11.5 Å². The van der Waals surface area contributed by atoms with E-state index >= 15 is 0 Å². The van der Waals surface area contributed by atoms with Crippen molar-refractivity contribution in [3.8, 4) is 0 Å². The first-order chi connectivity index (χ1) is 11.1. The van der Waals surface area contributed by atoms with E-state index in [0.717, 1.165) is 31.7 Å². The third-order valence-corrected chi connectivity index (χ3v) is 4.05. The number of hydrogen-bond donors (Lipinski definition) is 1. The number of aromatic nitrogens is 4. The zero-order valence-electron chi connectivity index (χ0n) is 12.8. The summed E-state index contributed by atoms with van der Waals surface area (Å²) in [5.41, 5.74) is -0.0491. The Bertz CT molecular complexity index is 663. The molecule has 0 bridgehead atoms. The Hall–Kier alpha value is -2.77. The van der Waals surface area contributed by atoms with Crippen molar-refractivity contribution in [2.75, 3.05) is 29.9 Å². The normalized spacial score (nSPS) is 17.8. The van der Waals surface area contributed by atoms with E-state index in [4.69, 9.17) is 5.11 Å². The molecule has 1 atom stereocenters. The van der Waals surface area contributed by atoms with Crippen LogP contribution in [0.15, 0.2) is 30.7 Å². The molecular formula is C15H18N6O2. The van der Waals surface area contributed by atoms with Crippen LogP contribution in [0.1, 0.15) is 23.3 Å². The van der Waals surface area contributed by atoms with Gasteiger partial charge >= 0.3 is 5.97 Å². The van der Waals surface area contributed by atoms with Crippen molar-refractivity contribution in [2.24, 2.45) is 0 Å². The SMILES string of the molecule is CN(c1cnc(C(=O)O)cn1)C1CCCN(c2cccnn2)C1. The first-order valence-corrected chi connectivity index (χ1v) is 7.46. The van der Waals surface area contributed by atoms with Crippen LogP contribution in [0.4, 0.5) is 11.6 Å². The average Bonchev–Trinajstić information content (AvgIpc) is 2.62. The van der Waals surface area contributed by atoms with E-state index in [1.54, 1.807) is 6.20 Å². The molecule has 1 unspecified atom stereocenters. The lowest BCUT2D eigenvalue weighted by atomic mass is 10.0. The molecule has 1 fully saturated rings. The third kappa shape index (κ3) is 3.36. The van der Waals surface area contributed by atoms with Crippen molar-refractivity contribution >= 4 is 17.6 Å². The minimum absolute atomic E-state index is 0.0491. The lowest BCUT2D eigenvalue weighted by Crippen LogP contribution is -2.47. The number of rotatable bonds is 4. The molecule has 2 aromatic heterocycles. The summed E-state index contributed by atoms with van der Waals surface area (Å²) in [7, 11) is 1.95. The molecule has 23 heavy (non-hydrogen) atoms. The largest absolute Gasteiger partial charge is 0.476 e. The van der Waals surface area contributed by atoms with Gasteiger partial charge in [0.1, 0.15) is 5.82 Å². The highest BCUT2D eigenvalue weighted by molar-refractivity contribution is 5.84. The fourth-order valence-electron chi connectivity index (χ4n) is 2.74. The zero-order valence-corrected chi connectivity index (χ0v) is 12.8. The zero-order chi connectivity index (χ0) is 16.2. The molecule has 0 aromatic carbocycles. The number of piperidine rings is 1. The number of carboxylic acid groups (broad SMARTS) is 1. The summed E-state index contributed by atoms with van der Waals surface area (Å²) in [5, 5.41) is 17.0. The predicted molar refractivity (Wildman–Crippen MR) is 84.7 cm³/mol. The molecule has 0 radical (unpaired) electrons. The van der Waals surface area contributed by atoms with Crippen molar-refractivity contribution in [1.82, 2.24) is 20.2 Å². The Labute approximate surface area is 133 Å². The maximum atomic E-state index is 10.8. The topological polar surface area (TPSA) is 95.3 Å². The van der Waals surface area contributed by atoms with Crippen LogP contribution in [0.5, 0.6) is 0 Å². The number of anilines is 2. The van der Waals surface area contributed by atoms with Crippen molar-refractivity contribution < 1.29 is 9.90 Å². The second-order valence-electron chi connectivity index (χ2n) is 5.50. The fraction of sp³-hybridized carbons (Fsp3) is 0.400. The van der Waals surface area contributed by atoms with Gasteiger partial charge in [0.2, 0.25) is 0 Å². The third-order valence-electron chi connectivity index (χ3n) is 4.05. The molecule has 0 aliphatic carbocycles. The van der Waals surface area contributed by atoms with Crippen LogP contribution < -0.4 is 9.80 Å². The van der Waals surface area contributed by atoms with E-state index in [2.05, 4.69) is 25.1 Å². The number of carbonyl (C=O) groups is 1. The minimum Gasteiger partial charge on any atom is -0.476 e. The number of aromatic carboxylic acids is 1. The van der Waals surface area contributed by atoms with Gasteiger partial charge in [0.25, 0.3) is 0 Å². The molecule has 8 nitrogen and oxygen atoms in total. The van der Waals surface area contributed by atoms with Crippen LogP contribution >= 0.6 is 0 Å². The van der Waals surface area contributed by atoms with Gasteiger partial charge < -0.3 is 14.9 Å². The van der Waals surface area contributed by atoms with E-state index in [1.165, 1.54) is 12.4 Å². The molecule has 3 rings (SSSR count). The van der Waals surface area contributed by atoms with Crippen LogP contribution in [0.2, 0.25) is 0 Å². The standard InChI is InChI=1S/C15H18N6O2/c1-20(14-9-16-12(8-17-14)15(22)23)11-4-3-7-21(10-11)13-5-2-6-18-19-13/h2,5-6,8-9,11H,3-4,7,10H2,1H3,(H,22,23). The Kier molecular flexibility index (Phi) is 4.31. The Morgan fingerprint density at radius 3 is 2.91 bits per heavy atom. The second-order valence-corrected chi connectivity index (χ2v) is 5.50. The van der Waals surface area contributed by atoms with E-state index in [0.29, 0.717) is 5.82 Å². The summed E-state index contributed by atoms with van der Waals surface area (Å²) >= 11 is 0. The Morgan fingerprint density at radius 2 is 2.26 bits per heavy atom. The van der Waals surface area contributed by atoms with Crippen LogP contribution in [0, 0.1) is 0 Å². The highest BCUT2D eigenvalue weighted by Crippen LogP contribution is 2.22. The summed E-state index contributed by atoms with van der Waals surface area (Å²) in [6, 6.07) is 4.10. The van der Waals surface area contributed by atoms with E-state index in [1.807, 2.05) is 24.1 Å². The molecule has 120 valence electrons. The molecule has 2 aromatic rings. The molecule has 0 spiro atoms. The van der Waals surface area contributed by atoms with Gasteiger partial charge in [0, 0.05) is 32.4 Å². The first-order valence-electron chi connectivity index (χ1n) is 7.46. The fourth-order valence-corrected chi connectivity index (χ4v) is 2.74. The predicted octanol–water partition coefficient (Wildman–Crippen LogP) is 1.07. The molecule has 0 saturated carbocycles. The van der Waals surface area contributed by atoms with Crippen molar-refractivity contribution in [3.63, 3.8) is 0 Å². The first kappa shape index (κ1) is 15.1. The van der Waals surface area contributed by atoms with Gasteiger partial charge in [-0.25, -0.2) is 14.8 Å². The van der Waals surface area contributed by atoms with Gasteiger partial charge in [-0.05, 0) is 25.0 Å². The van der Waals surface area contributed by atoms with Crippen LogP contribution in [0.3, 0.4) is 0 Å². The highest BCUT2D eigenvalue weighted by atomic mass is 16.4. The van der Waals surface area contributed by atoms with Crippen LogP contribution in [-0.2, 0) is 0 Å². The Morgan fingerprint density at radius 1 is 1.39 bits per heavy atom. The van der Waals surface area contributed by atoms with Gasteiger partial charge in [-0.1, -0.05) is 0 Å². The summed E-state index contributed by atoms with van der Waals surface area (Å²) in [6.07, 6.45) is 6.54. The molecule has 1 N–H and O–H groups in total. The number of hydrogen-bond acceptors (Lipinski definition) is 7. The summed E-state index contributed by atoms with van der Waals surface area (Å²) in [5.74, 6) is 0.470. The Balaban J connectivity index is 1.71. The number of nitrogens with zero attached hydrogens (tertiary/aromatic N) is 6. The molecule has 1 saturated heterocycles. The van der Waals surface area contributed by atoms with Gasteiger partial charge in [0.05, 0.1) is 12.4 Å². The lowest BCUT2D eigenvalue weighted by Gasteiger charge is -2.38. The highest BCUT2D eigenvalue weighted by Gasteiger charge is 2.25. The molecule has 3 heterocycles. The van der Waals surface area contributed by atoms with E-state index < -0.39 is 5.97 Å². The maximum absolute atomic E-state index is 10.8. The van der Waals surface area contributed by atoms with Gasteiger partial charge in [-0.2, -0.15) is 5.10 Å². The van der Waals surface area contributed by atoms with E-state index in [9.17, 15) is 4.79 Å². The van der Waals surface area contributed by atoms with Crippen LogP contribution in [-0.4, -0.2) is 57.4 Å². The molecule has 8 heteroatoms. The monoisotopic (exact) mass is 314 g/mol. The average molecular weight is 314 g/mol. The second kappa shape index (κ2) is 6.55. The summed E-state index contributed by atoms with van der Waals surface area (Å²) in [4.78, 5) is 23.2. The number of likely N-dealkylation sites (N-methyl/N-ethyl adjacent to an activating group) is 1. The van der Waals surface area contributed by atoms with Crippen LogP contribution in [0.25, 0.3) is 0 Å². The van der Waals surface area contributed by atoms with Crippen molar-refractivity contribution in [3.05, 3.63) is 36.4 Å².